The highest BCUT2D eigenvalue weighted by Gasteiger charge is 2.25. The highest BCUT2D eigenvalue weighted by atomic mass is 32.2. The van der Waals surface area contributed by atoms with Crippen LogP contribution < -0.4 is 10.6 Å². The quantitative estimate of drug-likeness (QED) is 0.915. The van der Waals surface area contributed by atoms with Crippen molar-refractivity contribution in [1.29, 1.82) is 0 Å². The lowest BCUT2D eigenvalue weighted by atomic mass is 10.2. The Balaban J connectivity index is 2.48. The number of hydrogen-bond donors (Lipinski definition) is 1. The van der Waals surface area contributed by atoms with Crippen LogP contribution in [0.15, 0.2) is 29.2 Å². The summed E-state index contributed by atoms with van der Waals surface area (Å²) in [5.74, 6) is 0.0284. The Morgan fingerprint density at radius 2 is 1.86 bits per heavy atom. The zero-order valence-electron chi connectivity index (χ0n) is 12.0. The van der Waals surface area contributed by atoms with E-state index in [1.165, 1.54) is 16.8 Å². The molecule has 0 saturated carbocycles. The van der Waals surface area contributed by atoms with Crippen LogP contribution in [0.3, 0.4) is 0 Å². The Bertz CT molecular complexity index is 751. The summed E-state index contributed by atoms with van der Waals surface area (Å²) in [4.78, 5) is 1.60. The first-order valence-corrected chi connectivity index (χ1v) is 8.07. The first kappa shape index (κ1) is 15.3. The fourth-order valence-electron chi connectivity index (χ4n) is 1.98. The molecule has 21 heavy (non-hydrogen) atoms. The van der Waals surface area contributed by atoms with Gasteiger partial charge in [0.05, 0.1) is 6.54 Å². The third kappa shape index (κ3) is 3.15. The largest absolute Gasteiger partial charge is 0.383 e. The zero-order valence-corrected chi connectivity index (χ0v) is 12.9. The van der Waals surface area contributed by atoms with Crippen LogP contribution in [0.2, 0.25) is 0 Å². The summed E-state index contributed by atoms with van der Waals surface area (Å²) < 4.78 is 38.1. The van der Waals surface area contributed by atoms with Crippen LogP contribution in [-0.4, -0.2) is 38.5 Å². The Kier molecular flexibility index (Phi) is 3.91. The lowest BCUT2D eigenvalue weighted by Crippen LogP contribution is -2.13. The molecule has 2 aromatic rings. The number of halogens is 1. The molecule has 8 heteroatoms. The lowest BCUT2D eigenvalue weighted by molar-refractivity contribution is 0.602. The highest BCUT2D eigenvalue weighted by Crippen LogP contribution is 2.29. The van der Waals surface area contributed by atoms with Gasteiger partial charge in [0.15, 0.2) is 20.6 Å². The summed E-state index contributed by atoms with van der Waals surface area (Å²) in [5.41, 5.74) is 6.70. The van der Waals surface area contributed by atoms with Crippen molar-refractivity contribution in [3.05, 3.63) is 35.6 Å². The van der Waals surface area contributed by atoms with Gasteiger partial charge in [0.2, 0.25) is 0 Å². The van der Waals surface area contributed by atoms with Crippen molar-refractivity contribution in [2.24, 2.45) is 0 Å². The van der Waals surface area contributed by atoms with E-state index in [1.54, 1.807) is 31.1 Å². The van der Waals surface area contributed by atoms with Gasteiger partial charge in [-0.15, -0.1) is 0 Å². The molecule has 1 aromatic heterocycles. The van der Waals surface area contributed by atoms with Crippen LogP contribution in [0, 0.1) is 5.82 Å². The van der Waals surface area contributed by atoms with E-state index < -0.39 is 9.84 Å². The van der Waals surface area contributed by atoms with Crippen LogP contribution in [0.1, 0.15) is 5.56 Å². The molecule has 1 aromatic carbocycles. The first-order valence-electron chi connectivity index (χ1n) is 6.18. The van der Waals surface area contributed by atoms with Crippen molar-refractivity contribution in [3.63, 3.8) is 0 Å². The Morgan fingerprint density at radius 1 is 1.29 bits per heavy atom. The molecule has 0 unspecified atom stereocenters. The van der Waals surface area contributed by atoms with Crippen LogP contribution >= 0.6 is 0 Å². The molecule has 0 fully saturated rings. The van der Waals surface area contributed by atoms with Crippen molar-refractivity contribution in [2.75, 3.05) is 31.0 Å². The van der Waals surface area contributed by atoms with Crippen molar-refractivity contribution in [1.82, 2.24) is 9.78 Å². The standard InChI is InChI=1S/C13H17FN4O2S/c1-17(2)13-11(21(3,19)20)12(15)18(16-13)8-9-4-6-10(14)7-5-9/h4-7H,8,15H2,1-3H3. The second-order valence-electron chi connectivity index (χ2n) is 4.99. The molecule has 114 valence electrons. The average molecular weight is 312 g/mol. The van der Waals surface area contributed by atoms with E-state index in [0.29, 0.717) is 0 Å². The first-order chi connectivity index (χ1) is 9.70. The molecule has 0 spiro atoms. The number of aromatic nitrogens is 2. The molecule has 0 aliphatic carbocycles. The Labute approximate surface area is 122 Å². The van der Waals surface area contributed by atoms with E-state index in [0.717, 1.165) is 11.8 Å². The molecule has 0 atom stereocenters. The second kappa shape index (κ2) is 5.36. The van der Waals surface area contributed by atoms with Crippen LogP contribution in [-0.2, 0) is 16.4 Å². The Hall–Kier alpha value is -2.09. The summed E-state index contributed by atoms with van der Waals surface area (Å²) in [6.07, 6.45) is 1.09. The number of benzene rings is 1. The van der Waals surface area contributed by atoms with Gasteiger partial charge in [-0.25, -0.2) is 17.5 Å². The van der Waals surface area contributed by atoms with Crippen LogP contribution in [0.25, 0.3) is 0 Å². The third-order valence-electron chi connectivity index (χ3n) is 2.97. The summed E-state index contributed by atoms with van der Waals surface area (Å²) in [7, 11) is -0.111. The number of nitrogens with zero attached hydrogens (tertiary/aromatic N) is 3. The Morgan fingerprint density at radius 3 is 2.29 bits per heavy atom. The van der Waals surface area contributed by atoms with Crippen molar-refractivity contribution < 1.29 is 12.8 Å². The van der Waals surface area contributed by atoms with Crippen LogP contribution in [0.5, 0.6) is 0 Å². The predicted molar refractivity (Wildman–Crippen MR) is 79.6 cm³/mol. The molecular weight excluding hydrogens is 295 g/mol. The molecule has 6 nitrogen and oxygen atoms in total. The summed E-state index contributed by atoms with van der Waals surface area (Å²) in [6.45, 7) is 0.266. The van der Waals surface area contributed by atoms with E-state index in [2.05, 4.69) is 5.10 Å². The fraction of sp³-hybridized carbons (Fsp3) is 0.308. The maximum absolute atomic E-state index is 12.9. The monoisotopic (exact) mass is 312 g/mol. The molecule has 2 rings (SSSR count). The molecule has 0 radical (unpaired) electrons. The minimum Gasteiger partial charge on any atom is -0.383 e. The van der Waals surface area contributed by atoms with Crippen molar-refractivity contribution >= 4 is 21.5 Å². The predicted octanol–water partition coefficient (Wildman–Crippen LogP) is 1.12. The number of nitrogen functional groups attached to an aromatic ring is 1. The molecule has 0 amide bonds. The molecule has 2 N–H and O–H groups in total. The van der Waals surface area contributed by atoms with E-state index in [9.17, 15) is 12.8 Å². The van der Waals surface area contributed by atoms with Crippen molar-refractivity contribution in [3.8, 4) is 0 Å². The van der Waals surface area contributed by atoms with Gasteiger partial charge in [-0.2, -0.15) is 5.10 Å². The van der Waals surface area contributed by atoms with Gasteiger partial charge < -0.3 is 10.6 Å². The number of sulfone groups is 1. The number of nitrogens with two attached hydrogens (primary N) is 1. The van der Waals surface area contributed by atoms with E-state index in [4.69, 9.17) is 5.73 Å². The zero-order chi connectivity index (χ0) is 15.8. The highest BCUT2D eigenvalue weighted by molar-refractivity contribution is 7.91. The van der Waals surface area contributed by atoms with Gasteiger partial charge in [0.25, 0.3) is 0 Å². The summed E-state index contributed by atoms with van der Waals surface area (Å²) in [6, 6.07) is 5.87. The van der Waals surface area contributed by atoms with Gasteiger partial charge in [-0.05, 0) is 17.7 Å². The van der Waals surface area contributed by atoms with Crippen molar-refractivity contribution in [2.45, 2.75) is 11.4 Å². The van der Waals surface area contributed by atoms with Gasteiger partial charge in [-0.3, -0.25) is 0 Å². The maximum atomic E-state index is 12.9. The molecular formula is C13H17FN4O2S. The molecule has 0 aliphatic heterocycles. The summed E-state index contributed by atoms with van der Waals surface area (Å²) in [5, 5.41) is 4.24. The SMILES string of the molecule is CN(C)c1nn(Cc2ccc(F)cc2)c(N)c1S(C)(=O)=O. The molecule has 0 aliphatic rings. The number of hydrogen-bond acceptors (Lipinski definition) is 5. The third-order valence-corrected chi connectivity index (χ3v) is 4.10. The van der Waals surface area contributed by atoms with E-state index >= 15 is 0 Å². The smallest absolute Gasteiger partial charge is 0.182 e. The van der Waals surface area contributed by atoms with Gasteiger partial charge in [0.1, 0.15) is 11.6 Å². The van der Waals surface area contributed by atoms with Crippen LogP contribution in [0.4, 0.5) is 16.0 Å². The topological polar surface area (TPSA) is 81.2 Å². The van der Waals surface area contributed by atoms with Gasteiger partial charge in [-0.1, -0.05) is 12.1 Å². The minimum absolute atomic E-state index is 0.00890. The molecule has 0 bridgehead atoms. The number of anilines is 2. The van der Waals surface area contributed by atoms with E-state index in [-0.39, 0.29) is 28.9 Å². The second-order valence-corrected chi connectivity index (χ2v) is 6.94. The molecule has 0 saturated heterocycles. The summed E-state index contributed by atoms with van der Waals surface area (Å²) >= 11 is 0. The maximum Gasteiger partial charge on any atom is 0.182 e. The van der Waals surface area contributed by atoms with E-state index in [1.807, 2.05) is 0 Å². The minimum atomic E-state index is -3.50. The van der Waals surface area contributed by atoms with Gasteiger partial charge >= 0.3 is 0 Å². The number of rotatable bonds is 4. The van der Waals surface area contributed by atoms with Gasteiger partial charge in [0, 0.05) is 20.4 Å². The average Bonchev–Trinajstić information content (AvgIpc) is 2.70. The normalized spacial score (nSPS) is 11.6. The fourth-order valence-corrected chi connectivity index (χ4v) is 3.02. The lowest BCUT2D eigenvalue weighted by Gasteiger charge is -2.09. The molecule has 1 heterocycles.